The molecule has 6 heteroatoms. The van der Waals surface area contributed by atoms with Crippen molar-refractivity contribution < 1.29 is 9.59 Å². The van der Waals surface area contributed by atoms with E-state index in [9.17, 15) is 9.59 Å². The molecule has 3 rings (SSSR count). The van der Waals surface area contributed by atoms with E-state index in [1.807, 2.05) is 35.9 Å². The third kappa shape index (κ3) is 3.49. The first-order valence-electron chi connectivity index (χ1n) is 9.12. The first-order chi connectivity index (χ1) is 12.4. The number of rotatable bonds is 4. The summed E-state index contributed by atoms with van der Waals surface area (Å²) in [5, 5.41) is 4.48. The topological polar surface area (TPSA) is 81.2 Å². The fourth-order valence-electron chi connectivity index (χ4n) is 3.53. The second kappa shape index (κ2) is 7.32. The molecule has 6 nitrogen and oxygen atoms in total. The summed E-state index contributed by atoms with van der Waals surface area (Å²) in [5.41, 5.74) is 9.05. The number of carbonyl (C=O) groups excluding carboxylic acids is 2. The van der Waals surface area contributed by atoms with Gasteiger partial charge in [0.1, 0.15) is 0 Å². The number of primary amides is 1. The fraction of sp³-hybridized carbons (Fsp3) is 0.450. The van der Waals surface area contributed by atoms with E-state index in [0.717, 1.165) is 24.2 Å². The Balaban J connectivity index is 1.93. The van der Waals surface area contributed by atoms with Crippen LogP contribution in [0.4, 0.5) is 0 Å². The molecule has 1 aliphatic heterocycles. The number of nitrogens with two attached hydrogens (primary N) is 1. The van der Waals surface area contributed by atoms with Crippen molar-refractivity contribution in [3.8, 4) is 5.69 Å². The van der Waals surface area contributed by atoms with E-state index in [1.54, 1.807) is 11.1 Å². The minimum Gasteiger partial charge on any atom is -0.369 e. The number of amides is 2. The normalized spacial score (nSPS) is 17.5. The lowest BCUT2D eigenvalue weighted by Crippen LogP contribution is -2.44. The van der Waals surface area contributed by atoms with Gasteiger partial charge in [-0.25, -0.2) is 4.68 Å². The summed E-state index contributed by atoms with van der Waals surface area (Å²) < 4.78 is 1.84. The number of aromatic nitrogens is 2. The van der Waals surface area contributed by atoms with Crippen LogP contribution in [0.1, 0.15) is 54.2 Å². The van der Waals surface area contributed by atoms with Crippen molar-refractivity contribution in [1.29, 1.82) is 0 Å². The summed E-state index contributed by atoms with van der Waals surface area (Å²) in [5.74, 6) is -0.531. The molecule has 2 N–H and O–H groups in total. The Kier molecular flexibility index (Phi) is 5.11. The zero-order chi connectivity index (χ0) is 18.8. The van der Waals surface area contributed by atoms with Gasteiger partial charge >= 0.3 is 0 Å². The van der Waals surface area contributed by atoms with E-state index in [2.05, 4.69) is 18.9 Å². The van der Waals surface area contributed by atoms with Crippen LogP contribution in [0, 0.1) is 12.8 Å². The number of piperidine rings is 1. The molecular weight excluding hydrogens is 328 g/mol. The van der Waals surface area contributed by atoms with Crippen molar-refractivity contribution in [2.24, 2.45) is 11.7 Å². The van der Waals surface area contributed by atoms with Crippen LogP contribution in [0.5, 0.6) is 0 Å². The Morgan fingerprint density at radius 2 is 1.92 bits per heavy atom. The molecule has 0 saturated carbocycles. The second-order valence-corrected chi connectivity index (χ2v) is 7.34. The van der Waals surface area contributed by atoms with Gasteiger partial charge in [0.05, 0.1) is 29.1 Å². The first-order valence-corrected chi connectivity index (χ1v) is 9.12. The van der Waals surface area contributed by atoms with E-state index < -0.39 is 0 Å². The summed E-state index contributed by atoms with van der Waals surface area (Å²) in [6, 6.07) is 8.08. The maximum absolute atomic E-state index is 13.1. The third-order valence-corrected chi connectivity index (χ3v) is 4.97. The predicted octanol–water partition coefficient (Wildman–Crippen LogP) is 2.64. The van der Waals surface area contributed by atoms with Gasteiger partial charge in [-0.1, -0.05) is 31.5 Å². The standard InChI is InChI=1S/C20H26N4O2/c1-13(2)18-17(11-22-24(18)16-8-6-14(3)7-9-16)20(26)23-10-4-5-15(12-23)19(21)25/h6-9,11,13,15H,4-5,10,12H2,1-3H3,(H2,21,25). The van der Waals surface area contributed by atoms with Gasteiger partial charge in [-0.05, 0) is 37.8 Å². The van der Waals surface area contributed by atoms with Gasteiger partial charge in [0.2, 0.25) is 5.91 Å². The van der Waals surface area contributed by atoms with E-state index in [4.69, 9.17) is 5.73 Å². The summed E-state index contributed by atoms with van der Waals surface area (Å²) in [4.78, 5) is 26.4. The summed E-state index contributed by atoms with van der Waals surface area (Å²) in [7, 11) is 0. The van der Waals surface area contributed by atoms with Crippen molar-refractivity contribution in [2.45, 2.75) is 39.5 Å². The molecular formula is C20H26N4O2. The Labute approximate surface area is 154 Å². The lowest BCUT2D eigenvalue weighted by atomic mass is 9.96. The van der Waals surface area contributed by atoms with E-state index >= 15 is 0 Å². The van der Waals surface area contributed by atoms with Crippen molar-refractivity contribution in [1.82, 2.24) is 14.7 Å². The van der Waals surface area contributed by atoms with Gasteiger partial charge in [0.25, 0.3) is 5.91 Å². The largest absolute Gasteiger partial charge is 0.369 e. The Hall–Kier alpha value is -2.63. The smallest absolute Gasteiger partial charge is 0.257 e. The monoisotopic (exact) mass is 354 g/mol. The van der Waals surface area contributed by atoms with Crippen molar-refractivity contribution in [3.63, 3.8) is 0 Å². The van der Waals surface area contributed by atoms with Crippen LogP contribution < -0.4 is 5.73 Å². The molecule has 1 fully saturated rings. The fourth-order valence-corrected chi connectivity index (χ4v) is 3.53. The van der Waals surface area contributed by atoms with Gasteiger partial charge < -0.3 is 10.6 Å². The molecule has 0 aliphatic carbocycles. The lowest BCUT2D eigenvalue weighted by molar-refractivity contribution is -0.123. The maximum atomic E-state index is 13.1. The number of benzene rings is 1. The zero-order valence-corrected chi connectivity index (χ0v) is 15.6. The Morgan fingerprint density at radius 1 is 1.23 bits per heavy atom. The molecule has 0 radical (unpaired) electrons. The molecule has 2 heterocycles. The van der Waals surface area contributed by atoms with Crippen molar-refractivity contribution in [3.05, 3.63) is 47.3 Å². The van der Waals surface area contributed by atoms with Gasteiger partial charge in [-0.15, -0.1) is 0 Å². The number of likely N-dealkylation sites (tertiary alicyclic amines) is 1. The van der Waals surface area contributed by atoms with Crippen molar-refractivity contribution in [2.75, 3.05) is 13.1 Å². The third-order valence-electron chi connectivity index (χ3n) is 4.97. The Morgan fingerprint density at radius 3 is 2.54 bits per heavy atom. The number of nitrogens with zero attached hydrogens (tertiary/aromatic N) is 3. The molecule has 1 unspecified atom stereocenters. The highest BCUT2D eigenvalue weighted by molar-refractivity contribution is 5.96. The molecule has 1 aromatic carbocycles. The number of carbonyl (C=O) groups is 2. The number of hydrogen-bond donors (Lipinski definition) is 1. The first kappa shape index (κ1) is 18.2. The van der Waals surface area contributed by atoms with Crippen LogP contribution in [-0.4, -0.2) is 39.6 Å². The quantitative estimate of drug-likeness (QED) is 0.916. The molecule has 1 saturated heterocycles. The summed E-state index contributed by atoms with van der Waals surface area (Å²) in [6.45, 7) is 7.19. The maximum Gasteiger partial charge on any atom is 0.257 e. The van der Waals surface area contributed by atoms with Crippen LogP contribution in [0.3, 0.4) is 0 Å². The molecule has 1 atom stereocenters. The van der Waals surface area contributed by atoms with Gasteiger partial charge in [-0.3, -0.25) is 9.59 Å². The minimum absolute atomic E-state index is 0.0713. The van der Waals surface area contributed by atoms with Crippen LogP contribution in [0.25, 0.3) is 5.69 Å². The SMILES string of the molecule is Cc1ccc(-n2ncc(C(=O)N3CCCC(C(N)=O)C3)c2C(C)C)cc1. The zero-order valence-electron chi connectivity index (χ0n) is 15.6. The molecule has 0 spiro atoms. The average molecular weight is 354 g/mol. The van der Waals surface area contributed by atoms with Gasteiger partial charge in [-0.2, -0.15) is 5.10 Å². The van der Waals surface area contributed by atoms with Gasteiger partial charge in [0.15, 0.2) is 0 Å². The molecule has 26 heavy (non-hydrogen) atoms. The van der Waals surface area contributed by atoms with Crippen LogP contribution >= 0.6 is 0 Å². The number of hydrogen-bond acceptors (Lipinski definition) is 3. The lowest BCUT2D eigenvalue weighted by Gasteiger charge is -2.31. The Bertz CT molecular complexity index is 808. The van der Waals surface area contributed by atoms with Crippen LogP contribution in [0.15, 0.2) is 30.5 Å². The summed E-state index contributed by atoms with van der Waals surface area (Å²) in [6.07, 6.45) is 3.19. The van der Waals surface area contributed by atoms with E-state index in [1.165, 1.54) is 5.56 Å². The molecule has 2 aromatic rings. The van der Waals surface area contributed by atoms with Gasteiger partial charge in [0, 0.05) is 13.1 Å². The molecule has 1 aromatic heterocycles. The van der Waals surface area contributed by atoms with Crippen LogP contribution in [0.2, 0.25) is 0 Å². The predicted molar refractivity (Wildman–Crippen MR) is 100 cm³/mol. The molecule has 138 valence electrons. The van der Waals surface area contributed by atoms with E-state index in [-0.39, 0.29) is 23.7 Å². The highest BCUT2D eigenvalue weighted by Crippen LogP contribution is 2.26. The molecule has 0 bridgehead atoms. The highest BCUT2D eigenvalue weighted by atomic mass is 16.2. The average Bonchev–Trinajstić information content (AvgIpc) is 3.07. The minimum atomic E-state index is -0.332. The van der Waals surface area contributed by atoms with E-state index in [0.29, 0.717) is 18.7 Å². The highest BCUT2D eigenvalue weighted by Gasteiger charge is 2.30. The van der Waals surface area contributed by atoms with Crippen LogP contribution in [-0.2, 0) is 4.79 Å². The number of aryl methyl sites for hydroxylation is 1. The summed E-state index contributed by atoms with van der Waals surface area (Å²) >= 11 is 0. The molecule has 1 aliphatic rings. The second-order valence-electron chi connectivity index (χ2n) is 7.34. The van der Waals surface area contributed by atoms with Crippen molar-refractivity contribution >= 4 is 11.8 Å². The molecule has 2 amide bonds.